The van der Waals surface area contributed by atoms with E-state index in [0.717, 1.165) is 23.1 Å². The molecule has 1 aliphatic heterocycles. The Bertz CT molecular complexity index is 2200. The maximum atomic E-state index is 13.3. The lowest BCUT2D eigenvalue weighted by atomic mass is 9.77. The first kappa shape index (κ1) is 35.4. The summed E-state index contributed by atoms with van der Waals surface area (Å²) in [5.74, 6) is 0.446. The van der Waals surface area contributed by atoms with Crippen molar-refractivity contribution in [1.29, 1.82) is 0 Å². The van der Waals surface area contributed by atoms with Crippen LogP contribution in [0.5, 0.6) is 5.88 Å². The number of benzene rings is 2. The first-order chi connectivity index (χ1) is 24.5. The molecule has 10 nitrogen and oxygen atoms in total. The lowest BCUT2D eigenvalue weighted by Gasteiger charge is -2.41. The maximum Gasteiger partial charge on any atom is 0.262 e. The standard InChI is InChI=1S/C38H37Cl3N6O4/c1-38(50)15-24(16-38)43-17-22-18-44-32-13-21(11-12-47(32)37(22)49)25-5-3-6-26(34(25)40)27-7-4-8-28(35(27)41)31-14-30(39)29(36(46-31)51-2)20-42-19-23-9-10-33(48)45-23/h3-8,11-14,18,23-24,42-43,50H,9-10,15-17,19-20H2,1-2H3,(H,45,48)/t23-,24?,38?/m1/s1. The van der Waals surface area contributed by atoms with Crippen LogP contribution in [0.4, 0.5) is 0 Å². The molecule has 0 bridgehead atoms. The van der Waals surface area contributed by atoms with Gasteiger partial charge in [0.2, 0.25) is 11.8 Å². The van der Waals surface area contributed by atoms with E-state index in [4.69, 9.17) is 44.5 Å². The lowest BCUT2D eigenvalue weighted by molar-refractivity contribution is -0.119. The number of carbonyl (C=O) groups excluding carboxylic acids is 1. The quantitative estimate of drug-likeness (QED) is 0.122. The van der Waals surface area contributed by atoms with Crippen molar-refractivity contribution in [3.8, 4) is 39.4 Å². The molecule has 1 saturated heterocycles. The molecule has 7 rings (SSSR count). The Kier molecular flexibility index (Phi) is 10.1. The van der Waals surface area contributed by atoms with Crippen molar-refractivity contribution in [3.63, 3.8) is 0 Å². The number of hydrogen-bond acceptors (Lipinski definition) is 8. The van der Waals surface area contributed by atoms with Gasteiger partial charge in [-0.15, -0.1) is 0 Å². The SMILES string of the molecule is COc1nc(-c2cccc(-c3cccc(-c4ccn5c(=O)c(CNC6CC(C)(O)C6)cnc5c4)c3Cl)c2Cl)cc(Cl)c1CNC[C@H]1CCC(=O)N1. The fourth-order valence-corrected chi connectivity index (χ4v) is 7.80. The predicted octanol–water partition coefficient (Wildman–Crippen LogP) is 6.43. The normalized spacial score (nSPS) is 20.0. The van der Waals surface area contributed by atoms with Crippen LogP contribution in [0.25, 0.3) is 39.2 Å². The highest BCUT2D eigenvalue weighted by Gasteiger charge is 2.37. The summed E-state index contributed by atoms with van der Waals surface area (Å²) in [6, 6.07) is 17.1. The van der Waals surface area contributed by atoms with Gasteiger partial charge in [-0.3, -0.25) is 14.0 Å². The van der Waals surface area contributed by atoms with E-state index in [2.05, 4.69) is 20.9 Å². The highest BCUT2D eigenvalue weighted by Crippen LogP contribution is 2.43. The second-order valence-corrected chi connectivity index (χ2v) is 14.6. The van der Waals surface area contributed by atoms with Gasteiger partial charge < -0.3 is 25.8 Å². The minimum Gasteiger partial charge on any atom is -0.481 e. The summed E-state index contributed by atoms with van der Waals surface area (Å²) in [6.45, 7) is 3.22. The molecule has 1 atom stereocenters. The molecule has 1 aliphatic carbocycles. The molecule has 3 aromatic heterocycles. The Hall–Kier alpha value is -4.03. The van der Waals surface area contributed by atoms with Gasteiger partial charge in [0.25, 0.3) is 5.56 Å². The molecular weight excluding hydrogens is 711 g/mol. The number of halogens is 3. The van der Waals surface area contributed by atoms with Crippen molar-refractivity contribution >= 4 is 46.4 Å². The summed E-state index contributed by atoms with van der Waals surface area (Å²) in [5.41, 5.74) is 5.15. The first-order valence-corrected chi connectivity index (χ1v) is 17.9. The van der Waals surface area contributed by atoms with Crippen molar-refractivity contribution in [1.82, 2.24) is 30.3 Å². The number of nitrogens with one attached hydrogen (secondary N) is 3. The summed E-state index contributed by atoms with van der Waals surface area (Å²) < 4.78 is 7.16. The largest absolute Gasteiger partial charge is 0.481 e. The van der Waals surface area contributed by atoms with E-state index in [0.29, 0.717) is 93.4 Å². The Morgan fingerprint density at radius 1 is 1.00 bits per heavy atom. The number of aromatic nitrogens is 3. The van der Waals surface area contributed by atoms with Crippen LogP contribution in [0.1, 0.15) is 43.7 Å². The highest BCUT2D eigenvalue weighted by molar-refractivity contribution is 6.39. The second-order valence-electron chi connectivity index (χ2n) is 13.5. The summed E-state index contributed by atoms with van der Waals surface area (Å²) in [6.07, 6.45) is 5.96. The molecule has 2 aromatic carbocycles. The average Bonchev–Trinajstić information content (AvgIpc) is 3.52. The maximum absolute atomic E-state index is 13.3. The minimum absolute atomic E-state index is 0.0689. The van der Waals surface area contributed by atoms with Crippen LogP contribution < -0.4 is 26.2 Å². The van der Waals surface area contributed by atoms with E-state index in [-0.39, 0.29) is 23.6 Å². The molecule has 4 N–H and O–H groups in total. The van der Waals surface area contributed by atoms with Crippen LogP contribution in [-0.2, 0) is 17.9 Å². The third-order valence-corrected chi connectivity index (χ3v) is 10.8. The topological polar surface area (TPSA) is 130 Å². The Morgan fingerprint density at radius 2 is 1.71 bits per heavy atom. The molecule has 0 radical (unpaired) electrons. The van der Waals surface area contributed by atoms with Gasteiger partial charge in [-0.25, -0.2) is 9.97 Å². The molecular formula is C38H37Cl3N6O4. The van der Waals surface area contributed by atoms with E-state index >= 15 is 0 Å². The van der Waals surface area contributed by atoms with E-state index in [1.54, 1.807) is 25.6 Å². The van der Waals surface area contributed by atoms with Gasteiger partial charge in [0, 0.05) is 78.3 Å². The number of aliphatic hydroxyl groups is 1. The van der Waals surface area contributed by atoms with E-state index < -0.39 is 5.60 Å². The molecule has 4 heterocycles. The van der Waals surface area contributed by atoms with Crippen molar-refractivity contribution in [2.24, 2.45) is 0 Å². The summed E-state index contributed by atoms with van der Waals surface area (Å²) in [4.78, 5) is 34.1. The number of methoxy groups -OCH3 is 1. The Balaban J connectivity index is 1.13. The van der Waals surface area contributed by atoms with Crippen LogP contribution in [0.2, 0.25) is 15.1 Å². The molecule has 13 heteroatoms. The lowest BCUT2D eigenvalue weighted by Crippen LogP contribution is -2.51. The smallest absolute Gasteiger partial charge is 0.262 e. The number of fused-ring (bicyclic) bond motifs is 1. The van der Waals surface area contributed by atoms with Crippen LogP contribution in [0.15, 0.2) is 71.8 Å². The molecule has 0 unspecified atom stereocenters. The van der Waals surface area contributed by atoms with Crippen LogP contribution in [-0.4, -0.2) is 56.7 Å². The van der Waals surface area contributed by atoms with Gasteiger partial charge in [-0.2, -0.15) is 0 Å². The minimum atomic E-state index is -0.639. The molecule has 2 aliphatic rings. The molecule has 1 saturated carbocycles. The third-order valence-electron chi connectivity index (χ3n) is 9.61. The fourth-order valence-electron chi connectivity index (χ4n) is 6.89. The molecule has 2 fully saturated rings. The molecule has 264 valence electrons. The van der Waals surface area contributed by atoms with Crippen molar-refractivity contribution < 1.29 is 14.6 Å². The van der Waals surface area contributed by atoms with E-state index in [1.807, 2.05) is 55.5 Å². The number of rotatable bonds is 11. The number of hydrogen-bond donors (Lipinski definition) is 4. The summed E-state index contributed by atoms with van der Waals surface area (Å²) in [7, 11) is 1.55. The summed E-state index contributed by atoms with van der Waals surface area (Å²) in [5, 5.41) is 21.0. The molecule has 0 spiro atoms. The number of carbonyl (C=O) groups is 1. The van der Waals surface area contributed by atoms with Gasteiger partial charge in [-0.05, 0) is 49.9 Å². The third kappa shape index (κ3) is 7.35. The number of amides is 1. The highest BCUT2D eigenvalue weighted by atomic mass is 35.5. The van der Waals surface area contributed by atoms with Crippen LogP contribution in [0, 0.1) is 0 Å². The zero-order valence-corrected chi connectivity index (χ0v) is 30.4. The first-order valence-electron chi connectivity index (χ1n) is 16.8. The van der Waals surface area contributed by atoms with Gasteiger partial charge in [0.1, 0.15) is 5.65 Å². The van der Waals surface area contributed by atoms with Crippen LogP contribution >= 0.6 is 34.8 Å². The van der Waals surface area contributed by atoms with E-state index in [9.17, 15) is 14.7 Å². The van der Waals surface area contributed by atoms with Crippen molar-refractivity contribution in [2.75, 3.05) is 13.7 Å². The number of ether oxygens (including phenoxy) is 1. The zero-order valence-electron chi connectivity index (χ0n) is 28.1. The van der Waals surface area contributed by atoms with Crippen molar-refractivity contribution in [3.05, 3.63) is 104 Å². The second kappa shape index (κ2) is 14.5. The molecule has 51 heavy (non-hydrogen) atoms. The van der Waals surface area contributed by atoms with Gasteiger partial charge in [0.05, 0.1) is 39.0 Å². The van der Waals surface area contributed by atoms with Gasteiger partial charge >= 0.3 is 0 Å². The summed E-state index contributed by atoms with van der Waals surface area (Å²) >= 11 is 21.0. The Labute approximate surface area is 310 Å². The average molecular weight is 748 g/mol. The Morgan fingerprint density at radius 3 is 2.39 bits per heavy atom. The van der Waals surface area contributed by atoms with Gasteiger partial charge in [-0.1, -0.05) is 71.2 Å². The number of nitrogens with zero attached hydrogens (tertiary/aromatic N) is 3. The van der Waals surface area contributed by atoms with E-state index in [1.165, 1.54) is 4.40 Å². The monoisotopic (exact) mass is 746 g/mol. The van der Waals surface area contributed by atoms with Crippen molar-refractivity contribution in [2.45, 2.75) is 63.4 Å². The zero-order chi connectivity index (χ0) is 35.9. The fraction of sp³-hybridized carbons (Fsp3) is 0.316. The number of pyridine rings is 2. The van der Waals surface area contributed by atoms with Crippen LogP contribution in [0.3, 0.4) is 0 Å². The molecule has 1 amide bonds. The van der Waals surface area contributed by atoms with Gasteiger partial charge in [0.15, 0.2) is 0 Å². The molecule has 5 aromatic rings. The predicted molar refractivity (Wildman–Crippen MR) is 201 cm³/mol.